The maximum absolute atomic E-state index is 12.4. The summed E-state index contributed by atoms with van der Waals surface area (Å²) in [6.07, 6.45) is 0. The van der Waals surface area contributed by atoms with Crippen molar-refractivity contribution in [1.29, 1.82) is 5.26 Å². The molecule has 5 nitrogen and oxygen atoms in total. The van der Waals surface area contributed by atoms with E-state index >= 15 is 0 Å². The van der Waals surface area contributed by atoms with E-state index in [1.54, 1.807) is 18.7 Å². The average molecular weight is 288 g/mol. The molecular formula is C14H16N4OS. The molecule has 0 aliphatic carbocycles. The Bertz CT molecular complexity index is 733. The quantitative estimate of drug-likeness (QED) is 0.923. The molecule has 0 aliphatic rings. The lowest BCUT2D eigenvalue weighted by atomic mass is 10.1. The monoisotopic (exact) mass is 288 g/mol. The van der Waals surface area contributed by atoms with Crippen molar-refractivity contribution in [3.63, 3.8) is 0 Å². The molecule has 0 radical (unpaired) electrons. The molecule has 0 unspecified atom stereocenters. The standard InChI is InChI=1S/C14H16N4OS/c1-7-10(4)20-14(11(7)6-15)16-13(19)12-8(2)17-18(5)9(12)3/h1-5H3,(H,16,19). The molecular weight excluding hydrogens is 272 g/mol. The highest BCUT2D eigenvalue weighted by Gasteiger charge is 2.20. The van der Waals surface area contributed by atoms with E-state index in [9.17, 15) is 10.1 Å². The minimum Gasteiger partial charge on any atom is -0.312 e. The summed E-state index contributed by atoms with van der Waals surface area (Å²) in [5, 5.41) is 16.9. The van der Waals surface area contributed by atoms with Gasteiger partial charge in [-0.3, -0.25) is 9.48 Å². The Kier molecular flexibility index (Phi) is 3.64. The molecule has 104 valence electrons. The van der Waals surface area contributed by atoms with Crippen molar-refractivity contribution >= 4 is 22.2 Å². The van der Waals surface area contributed by atoms with Crippen LogP contribution in [0.3, 0.4) is 0 Å². The van der Waals surface area contributed by atoms with Gasteiger partial charge in [0.05, 0.1) is 16.8 Å². The summed E-state index contributed by atoms with van der Waals surface area (Å²) < 4.78 is 1.68. The molecule has 2 aromatic rings. The number of aryl methyl sites for hydroxylation is 3. The molecule has 0 aliphatic heterocycles. The lowest BCUT2D eigenvalue weighted by molar-refractivity contribution is 0.102. The highest BCUT2D eigenvalue weighted by atomic mass is 32.1. The second-order valence-corrected chi connectivity index (χ2v) is 5.95. The van der Waals surface area contributed by atoms with Gasteiger partial charge in [0.25, 0.3) is 5.91 Å². The summed E-state index contributed by atoms with van der Waals surface area (Å²) in [5.41, 5.74) is 3.53. The zero-order valence-electron chi connectivity index (χ0n) is 12.2. The summed E-state index contributed by atoms with van der Waals surface area (Å²) in [4.78, 5) is 13.4. The number of carbonyl (C=O) groups is 1. The Hall–Kier alpha value is -2.13. The summed E-state index contributed by atoms with van der Waals surface area (Å²) in [6, 6.07) is 2.15. The first kappa shape index (κ1) is 14.3. The number of nitrogens with zero attached hydrogens (tertiary/aromatic N) is 3. The molecule has 1 N–H and O–H groups in total. The Morgan fingerprint density at radius 1 is 1.35 bits per heavy atom. The zero-order chi connectivity index (χ0) is 15.0. The number of rotatable bonds is 2. The van der Waals surface area contributed by atoms with Crippen LogP contribution in [0.15, 0.2) is 0 Å². The molecule has 0 saturated carbocycles. The van der Waals surface area contributed by atoms with Crippen molar-refractivity contribution in [3.05, 3.63) is 33.0 Å². The number of carbonyl (C=O) groups excluding carboxylic acids is 1. The van der Waals surface area contributed by atoms with Gasteiger partial charge < -0.3 is 5.32 Å². The van der Waals surface area contributed by atoms with Crippen LogP contribution < -0.4 is 5.32 Å². The van der Waals surface area contributed by atoms with Crippen LogP contribution in [0.5, 0.6) is 0 Å². The Morgan fingerprint density at radius 3 is 2.50 bits per heavy atom. The summed E-state index contributed by atoms with van der Waals surface area (Å²) in [6.45, 7) is 7.49. The van der Waals surface area contributed by atoms with Crippen molar-refractivity contribution in [2.24, 2.45) is 7.05 Å². The van der Waals surface area contributed by atoms with Gasteiger partial charge in [-0.05, 0) is 33.3 Å². The largest absolute Gasteiger partial charge is 0.312 e. The number of aromatic nitrogens is 2. The van der Waals surface area contributed by atoms with Gasteiger partial charge in [0.2, 0.25) is 0 Å². The number of hydrogen-bond donors (Lipinski definition) is 1. The zero-order valence-corrected chi connectivity index (χ0v) is 13.0. The molecule has 0 spiro atoms. The van der Waals surface area contributed by atoms with Gasteiger partial charge in [0, 0.05) is 17.6 Å². The van der Waals surface area contributed by atoms with E-state index in [0.717, 1.165) is 16.1 Å². The van der Waals surface area contributed by atoms with Crippen molar-refractivity contribution in [1.82, 2.24) is 9.78 Å². The van der Waals surface area contributed by atoms with Crippen LogP contribution in [0.4, 0.5) is 5.00 Å². The SMILES string of the molecule is Cc1nn(C)c(C)c1C(=O)Nc1sc(C)c(C)c1C#N. The van der Waals surface area contributed by atoms with Crippen molar-refractivity contribution < 1.29 is 4.79 Å². The third-order valence-electron chi connectivity index (χ3n) is 3.46. The van der Waals surface area contributed by atoms with Gasteiger partial charge in [-0.25, -0.2) is 0 Å². The smallest absolute Gasteiger partial charge is 0.260 e. The first-order valence-electron chi connectivity index (χ1n) is 6.18. The maximum Gasteiger partial charge on any atom is 0.260 e. The number of anilines is 1. The molecule has 0 fully saturated rings. The van der Waals surface area contributed by atoms with E-state index < -0.39 is 0 Å². The van der Waals surface area contributed by atoms with Crippen molar-refractivity contribution in [2.75, 3.05) is 5.32 Å². The first-order valence-corrected chi connectivity index (χ1v) is 7.00. The van der Waals surface area contributed by atoms with Crippen molar-refractivity contribution in [2.45, 2.75) is 27.7 Å². The Balaban J connectivity index is 2.38. The number of amides is 1. The lowest BCUT2D eigenvalue weighted by Gasteiger charge is -2.04. The molecule has 0 aromatic carbocycles. The molecule has 0 atom stereocenters. The van der Waals surface area contributed by atoms with Crippen LogP contribution in [-0.4, -0.2) is 15.7 Å². The predicted octanol–water partition coefficient (Wildman–Crippen LogP) is 2.84. The molecule has 20 heavy (non-hydrogen) atoms. The minimum atomic E-state index is -0.217. The van der Waals surface area contributed by atoms with Gasteiger partial charge in [0.15, 0.2) is 0 Å². The summed E-state index contributed by atoms with van der Waals surface area (Å²) >= 11 is 1.43. The maximum atomic E-state index is 12.4. The number of nitriles is 1. The van der Waals surface area contributed by atoms with Gasteiger partial charge in [0.1, 0.15) is 11.1 Å². The second kappa shape index (κ2) is 5.10. The fraction of sp³-hybridized carbons (Fsp3) is 0.357. The second-order valence-electron chi connectivity index (χ2n) is 4.72. The third kappa shape index (κ3) is 2.21. The van der Waals surface area contributed by atoms with Crippen LogP contribution in [0.25, 0.3) is 0 Å². The molecule has 6 heteroatoms. The molecule has 0 bridgehead atoms. The van der Waals surface area contributed by atoms with Crippen LogP contribution in [0.2, 0.25) is 0 Å². The van der Waals surface area contributed by atoms with Crippen LogP contribution in [0.1, 0.15) is 37.7 Å². The predicted molar refractivity (Wildman–Crippen MR) is 79.1 cm³/mol. The topological polar surface area (TPSA) is 70.7 Å². The molecule has 2 aromatic heterocycles. The Labute approximate surface area is 121 Å². The number of nitrogens with one attached hydrogen (secondary N) is 1. The first-order chi connectivity index (χ1) is 9.36. The van der Waals surface area contributed by atoms with E-state index in [1.807, 2.05) is 20.8 Å². The van der Waals surface area contributed by atoms with E-state index in [0.29, 0.717) is 21.8 Å². The van der Waals surface area contributed by atoms with Crippen molar-refractivity contribution in [3.8, 4) is 6.07 Å². The van der Waals surface area contributed by atoms with Gasteiger partial charge >= 0.3 is 0 Å². The fourth-order valence-corrected chi connectivity index (χ4v) is 3.12. The summed E-state index contributed by atoms with van der Waals surface area (Å²) in [5.74, 6) is -0.217. The third-order valence-corrected chi connectivity index (χ3v) is 4.58. The number of hydrogen-bond acceptors (Lipinski definition) is 4. The van der Waals surface area contributed by atoms with E-state index in [2.05, 4.69) is 16.5 Å². The number of thiophene rings is 1. The van der Waals surface area contributed by atoms with E-state index in [1.165, 1.54) is 11.3 Å². The van der Waals surface area contributed by atoms with Crippen LogP contribution in [0, 0.1) is 39.0 Å². The molecule has 2 rings (SSSR count). The van der Waals surface area contributed by atoms with Gasteiger partial charge in [-0.1, -0.05) is 0 Å². The molecule has 2 heterocycles. The highest BCUT2D eigenvalue weighted by Crippen LogP contribution is 2.32. The normalized spacial score (nSPS) is 10.4. The minimum absolute atomic E-state index is 0.217. The van der Waals surface area contributed by atoms with Crippen LogP contribution in [-0.2, 0) is 7.05 Å². The van der Waals surface area contributed by atoms with Gasteiger partial charge in [-0.15, -0.1) is 11.3 Å². The van der Waals surface area contributed by atoms with E-state index in [-0.39, 0.29) is 5.91 Å². The van der Waals surface area contributed by atoms with Crippen LogP contribution >= 0.6 is 11.3 Å². The average Bonchev–Trinajstić information content (AvgIpc) is 2.77. The highest BCUT2D eigenvalue weighted by molar-refractivity contribution is 7.16. The molecule has 0 saturated heterocycles. The fourth-order valence-electron chi connectivity index (χ4n) is 2.12. The Morgan fingerprint density at radius 2 is 2.00 bits per heavy atom. The summed E-state index contributed by atoms with van der Waals surface area (Å²) in [7, 11) is 1.80. The lowest BCUT2D eigenvalue weighted by Crippen LogP contribution is -2.14. The van der Waals surface area contributed by atoms with Gasteiger partial charge in [-0.2, -0.15) is 10.4 Å². The molecule has 1 amide bonds. The van der Waals surface area contributed by atoms with E-state index in [4.69, 9.17) is 0 Å².